The van der Waals surface area contributed by atoms with Gasteiger partial charge in [-0.25, -0.2) is 0 Å². The van der Waals surface area contributed by atoms with Crippen LogP contribution in [0.15, 0.2) is 12.1 Å². The van der Waals surface area contributed by atoms with E-state index in [1.165, 1.54) is 11.9 Å². The van der Waals surface area contributed by atoms with E-state index in [-0.39, 0.29) is 15.6 Å². The van der Waals surface area contributed by atoms with Gasteiger partial charge in [-0.05, 0) is 12.1 Å². The first kappa shape index (κ1) is 9.49. The number of Topliss-reactive ketones (excluding diaryl/α,β-unsaturated/α-hetero) is 1. The van der Waals surface area contributed by atoms with E-state index in [0.29, 0.717) is 5.69 Å². The number of benzene rings is 1. The second-order valence-corrected chi connectivity index (χ2v) is 3.73. The fourth-order valence-electron chi connectivity index (χ4n) is 1.40. The molecular weight excluding hydrogens is 225 g/mol. The van der Waals surface area contributed by atoms with Crippen LogP contribution in [0.3, 0.4) is 0 Å². The summed E-state index contributed by atoms with van der Waals surface area (Å²) in [6.07, 6.45) is 0. The van der Waals surface area contributed by atoms with E-state index < -0.39 is 11.7 Å². The van der Waals surface area contributed by atoms with Gasteiger partial charge in [0.1, 0.15) is 0 Å². The predicted octanol–water partition coefficient (Wildman–Crippen LogP) is 2.15. The van der Waals surface area contributed by atoms with Crippen LogP contribution in [-0.2, 0) is 4.79 Å². The molecule has 0 saturated heterocycles. The van der Waals surface area contributed by atoms with E-state index >= 15 is 0 Å². The number of anilines is 1. The van der Waals surface area contributed by atoms with Crippen LogP contribution in [0.4, 0.5) is 5.69 Å². The van der Waals surface area contributed by atoms with E-state index in [1.54, 1.807) is 12.1 Å². The number of ketones is 1. The smallest absolute Gasteiger partial charge is 0.299 e. The Morgan fingerprint density at radius 3 is 2.50 bits per heavy atom. The number of hydrogen-bond donors (Lipinski definition) is 0. The number of likely N-dealkylation sites (N-methyl/N-ethyl adjacent to an activating group) is 1. The van der Waals surface area contributed by atoms with Crippen molar-refractivity contribution >= 4 is 40.6 Å². The molecule has 0 unspecified atom stereocenters. The van der Waals surface area contributed by atoms with Crippen LogP contribution in [0.25, 0.3) is 0 Å². The Hall–Kier alpha value is -1.06. The molecule has 0 radical (unpaired) electrons. The van der Waals surface area contributed by atoms with Crippen LogP contribution < -0.4 is 4.90 Å². The van der Waals surface area contributed by atoms with E-state index in [1.807, 2.05) is 0 Å². The summed E-state index contributed by atoms with van der Waals surface area (Å²) in [5, 5.41) is 0.425. The van der Waals surface area contributed by atoms with E-state index in [2.05, 4.69) is 0 Å². The van der Waals surface area contributed by atoms with Crippen molar-refractivity contribution in [3.8, 4) is 0 Å². The molecule has 0 aliphatic carbocycles. The van der Waals surface area contributed by atoms with Crippen molar-refractivity contribution < 1.29 is 9.59 Å². The van der Waals surface area contributed by atoms with Crippen molar-refractivity contribution in [3.05, 3.63) is 27.7 Å². The second-order valence-electron chi connectivity index (χ2n) is 2.95. The monoisotopic (exact) mass is 229 g/mol. The lowest BCUT2D eigenvalue weighted by molar-refractivity contribution is -0.114. The third-order valence-corrected chi connectivity index (χ3v) is 2.96. The largest absolute Gasteiger partial charge is 0.308 e. The van der Waals surface area contributed by atoms with Crippen molar-refractivity contribution in [2.75, 3.05) is 11.9 Å². The first-order valence-electron chi connectivity index (χ1n) is 3.84. The number of carbonyl (C=O) groups is 2. The van der Waals surface area contributed by atoms with Crippen LogP contribution in [-0.4, -0.2) is 18.7 Å². The van der Waals surface area contributed by atoms with E-state index in [9.17, 15) is 9.59 Å². The van der Waals surface area contributed by atoms with Gasteiger partial charge >= 0.3 is 0 Å². The van der Waals surface area contributed by atoms with Crippen molar-refractivity contribution in [1.29, 1.82) is 0 Å². The summed E-state index contributed by atoms with van der Waals surface area (Å²) >= 11 is 11.6. The quantitative estimate of drug-likeness (QED) is 0.640. The molecule has 1 amide bonds. The third-order valence-electron chi connectivity index (χ3n) is 2.16. The van der Waals surface area contributed by atoms with Gasteiger partial charge in [0, 0.05) is 7.05 Å². The van der Waals surface area contributed by atoms with Crippen LogP contribution in [0.2, 0.25) is 10.0 Å². The lowest BCUT2D eigenvalue weighted by atomic mass is 10.1. The fraction of sp³-hybridized carbons (Fsp3) is 0.111. The molecule has 14 heavy (non-hydrogen) atoms. The van der Waals surface area contributed by atoms with Gasteiger partial charge in [0.25, 0.3) is 11.7 Å². The molecule has 0 N–H and O–H groups in total. The average molecular weight is 230 g/mol. The predicted molar refractivity (Wildman–Crippen MR) is 54.2 cm³/mol. The summed E-state index contributed by atoms with van der Waals surface area (Å²) in [7, 11) is 1.52. The molecule has 0 spiro atoms. The lowest BCUT2D eigenvalue weighted by Crippen LogP contribution is -2.24. The Morgan fingerprint density at radius 1 is 1.21 bits per heavy atom. The zero-order valence-corrected chi connectivity index (χ0v) is 8.69. The number of halogens is 2. The topological polar surface area (TPSA) is 37.4 Å². The van der Waals surface area contributed by atoms with E-state index in [4.69, 9.17) is 23.2 Å². The first-order valence-corrected chi connectivity index (χ1v) is 4.60. The maximum absolute atomic E-state index is 11.4. The van der Waals surface area contributed by atoms with Gasteiger partial charge in [0.2, 0.25) is 0 Å². The van der Waals surface area contributed by atoms with Crippen molar-refractivity contribution in [1.82, 2.24) is 0 Å². The van der Waals surface area contributed by atoms with Crippen molar-refractivity contribution in [2.45, 2.75) is 0 Å². The number of fused-ring (bicyclic) bond motifs is 1. The summed E-state index contributed by atoms with van der Waals surface area (Å²) in [6, 6.07) is 3.16. The van der Waals surface area contributed by atoms with Crippen LogP contribution in [0.1, 0.15) is 10.4 Å². The molecule has 0 aromatic heterocycles. The Morgan fingerprint density at radius 2 is 1.86 bits per heavy atom. The van der Waals surface area contributed by atoms with Gasteiger partial charge < -0.3 is 4.90 Å². The van der Waals surface area contributed by atoms with Gasteiger partial charge in [0.15, 0.2) is 0 Å². The molecule has 1 aromatic rings. The second kappa shape index (κ2) is 2.97. The third kappa shape index (κ3) is 1.06. The number of hydrogen-bond acceptors (Lipinski definition) is 2. The molecular formula is C9H5Cl2NO2. The van der Waals surface area contributed by atoms with Gasteiger partial charge in [-0.1, -0.05) is 23.2 Å². The molecule has 0 atom stereocenters. The maximum Gasteiger partial charge on any atom is 0.299 e. The highest BCUT2D eigenvalue weighted by atomic mass is 35.5. The molecule has 1 heterocycles. The summed E-state index contributed by atoms with van der Waals surface area (Å²) in [4.78, 5) is 24.0. The Bertz CT molecular complexity index is 456. The molecule has 0 bridgehead atoms. The van der Waals surface area contributed by atoms with Crippen LogP contribution >= 0.6 is 23.2 Å². The molecule has 2 rings (SSSR count). The summed E-state index contributed by atoms with van der Waals surface area (Å²) in [5.41, 5.74) is 0.709. The molecule has 0 fully saturated rings. The molecule has 1 aliphatic rings. The van der Waals surface area contributed by atoms with Crippen LogP contribution in [0.5, 0.6) is 0 Å². The normalized spacial score (nSPS) is 14.9. The highest BCUT2D eigenvalue weighted by Crippen LogP contribution is 2.37. The van der Waals surface area contributed by atoms with Crippen LogP contribution in [0, 0.1) is 0 Å². The fourth-order valence-corrected chi connectivity index (χ4v) is 1.81. The van der Waals surface area contributed by atoms with E-state index in [0.717, 1.165) is 0 Å². The minimum absolute atomic E-state index is 0.145. The maximum atomic E-state index is 11.4. The Kier molecular flexibility index (Phi) is 2.01. The number of rotatable bonds is 0. The minimum atomic E-state index is -0.602. The zero-order chi connectivity index (χ0) is 10.5. The molecule has 1 aliphatic heterocycles. The molecule has 3 nitrogen and oxygen atoms in total. The van der Waals surface area contributed by atoms with Gasteiger partial charge in [-0.2, -0.15) is 0 Å². The average Bonchev–Trinajstić information content (AvgIpc) is 2.38. The lowest BCUT2D eigenvalue weighted by Gasteiger charge is -2.08. The van der Waals surface area contributed by atoms with Gasteiger partial charge in [-0.15, -0.1) is 0 Å². The Balaban J connectivity index is 2.76. The summed E-state index contributed by atoms with van der Waals surface area (Å²) in [5.74, 6) is -1.18. The summed E-state index contributed by atoms with van der Waals surface area (Å²) in [6.45, 7) is 0. The molecule has 0 saturated carbocycles. The first-order chi connectivity index (χ1) is 6.54. The van der Waals surface area contributed by atoms with Gasteiger partial charge in [-0.3, -0.25) is 9.59 Å². The Labute approximate surface area is 90.2 Å². The number of amides is 1. The van der Waals surface area contributed by atoms with Gasteiger partial charge in [0.05, 0.1) is 21.3 Å². The molecule has 72 valence electrons. The summed E-state index contributed by atoms with van der Waals surface area (Å²) < 4.78 is 0. The van der Waals surface area contributed by atoms with Crippen molar-refractivity contribution in [2.24, 2.45) is 0 Å². The highest BCUT2D eigenvalue weighted by Gasteiger charge is 2.35. The standard InChI is InChI=1S/C9H5Cl2NO2/c1-12-5-3-2-4(10)7(11)6(5)8(13)9(12)14/h2-3H,1H3. The molecule has 5 heteroatoms. The number of carbonyl (C=O) groups excluding carboxylic acids is 2. The minimum Gasteiger partial charge on any atom is -0.308 e. The zero-order valence-electron chi connectivity index (χ0n) is 7.17. The van der Waals surface area contributed by atoms with Crippen molar-refractivity contribution in [3.63, 3.8) is 0 Å². The highest BCUT2D eigenvalue weighted by molar-refractivity contribution is 6.56. The SMILES string of the molecule is CN1C(=O)C(=O)c2c1ccc(Cl)c2Cl. The number of nitrogens with zero attached hydrogens (tertiary/aromatic N) is 1. The molecule has 1 aromatic carbocycles.